The Labute approximate surface area is 161 Å². The summed E-state index contributed by atoms with van der Waals surface area (Å²) in [7, 11) is 1.53. The number of carbonyl (C=O) groups excluding carboxylic acids is 1. The van der Waals surface area contributed by atoms with Gasteiger partial charge in [-0.2, -0.15) is 0 Å². The summed E-state index contributed by atoms with van der Waals surface area (Å²) < 4.78 is 5.31. The lowest BCUT2D eigenvalue weighted by Crippen LogP contribution is -2.46. The summed E-state index contributed by atoms with van der Waals surface area (Å²) in [6.07, 6.45) is 1.18. The van der Waals surface area contributed by atoms with Gasteiger partial charge < -0.3 is 25.4 Å². The molecule has 0 unspecified atom stereocenters. The van der Waals surface area contributed by atoms with Crippen LogP contribution in [-0.2, 0) is 14.3 Å². The summed E-state index contributed by atoms with van der Waals surface area (Å²) in [5, 5.41) is 15.9. The molecule has 1 heterocycles. The number of morpholine rings is 1. The fraction of sp³-hybridized carbons (Fsp3) is 0.824. The summed E-state index contributed by atoms with van der Waals surface area (Å²) >= 11 is 5.20. The van der Waals surface area contributed by atoms with Gasteiger partial charge in [-0.25, -0.2) is 4.79 Å². The minimum Gasteiger partial charge on any atom is -0.480 e. The molecule has 1 aliphatic rings. The van der Waals surface area contributed by atoms with Crippen LogP contribution in [0.25, 0.3) is 0 Å². The van der Waals surface area contributed by atoms with Crippen molar-refractivity contribution < 1.29 is 19.4 Å². The highest BCUT2D eigenvalue weighted by molar-refractivity contribution is 7.80. The molecule has 0 radical (unpaired) electrons. The number of nitrogens with one attached hydrogen (secondary N) is 2. The lowest BCUT2D eigenvalue weighted by molar-refractivity contribution is -0.150. The number of aliphatic carboxylic acids is 1. The molecule has 3 N–H and O–H groups in total. The molecule has 0 aromatic heterocycles. The number of hydrogen-bond acceptors (Lipinski definition) is 5. The zero-order valence-electron chi connectivity index (χ0n) is 16.0. The van der Waals surface area contributed by atoms with Crippen molar-refractivity contribution >= 4 is 29.2 Å². The number of carbonyl (C=O) groups is 2. The molecule has 9 heteroatoms. The average Bonchev–Trinajstić information content (AvgIpc) is 2.58. The number of likely N-dealkylation sites (N-methyl/N-ethyl adjacent to an activating group) is 1. The molecule has 8 nitrogen and oxygen atoms in total. The first kappa shape index (κ1) is 22.6. The van der Waals surface area contributed by atoms with Crippen LogP contribution < -0.4 is 10.6 Å². The SMILES string of the molecule is CC(C)[C@@H](C(=O)O)N(C)C(=O)CCNC(=S)NCCCN1CCOCC1. The zero-order valence-corrected chi connectivity index (χ0v) is 16.8. The van der Waals surface area contributed by atoms with Gasteiger partial charge in [0.2, 0.25) is 5.91 Å². The Kier molecular flexibility index (Phi) is 10.5. The minimum absolute atomic E-state index is 0.149. The first-order chi connectivity index (χ1) is 12.3. The van der Waals surface area contributed by atoms with Gasteiger partial charge in [-0.15, -0.1) is 0 Å². The molecule has 26 heavy (non-hydrogen) atoms. The van der Waals surface area contributed by atoms with Crippen molar-refractivity contribution in [3.8, 4) is 0 Å². The highest BCUT2D eigenvalue weighted by Gasteiger charge is 2.29. The van der Waals surface area contributed by atoms with Gasteiger partial charge in [0.25, 0.3) is 0 Å². The van der Waals surface area contributed by atoms with E-state index in [0.717, 1.165) is 45.8 Å². The average molecular weight is 389 g/mol. The standard InChI is InChI=1S/C17H32N4O4S/c1-13(2)15(16(23)24)20(3)14(22)5-7-19-17(26)18-6-4-8-21-9-11-25-12-10-21/h13,15H,4-12H2,1-3H3,(H,23,24)(H2,18,19,26)/t15-/m0/s1. The molecule has 1 rings (SSSR count). The van der Waals surface area contributed by atoms with Gasteiger partial charge in [0.1, 0.15) is 6.04 Å². The van der Waals surface area contributed by atoms with Gasteiger partial charge in [-0.05, 0) is 31.1 Å². The van der Waals surface area contributed by atoms with Crippen molar-refractivity contribution in [1.29, 1.82) is 0 Å². The van der Waals surface area contributed by atoms with Crippen molar-refractivity contribution in [2.75, 3.05) is 53.0 Å². The molecule has 0 aromatic carbocycles. The van der Waals surface area contributed by atoms with E-state index in [1.807, 2.05) is 0 Å². The maximum absolute atomic E-state index is 12.2. The number of carboxylic acids is 1. The molecule has 0 spiro atoms. The number of ether oxygens (including phenoxy) is 1. The molecular weight excluding hydrogens is 356 g/mol. The summed E-state index contributed by atoms with van der Waals surface area (Å²) in [5.74, 6) is -1.35. The van der Waals surface area contributed by atoms with Crippen molar-refractivity contribution in [2.24, 2.45) is 5.92 Å². The van der Waals surface area contributed by atoms with Gasteiger partial charge in [0, 0.05) is 39.6 Å². The molecule has 0 aromatic rings. The number of hydrogen-bond donors (Lipinski definition) is 3. The molecule has 150 valence electrons. The van der Waals surface area contributed by atoms with Gasteiger partial charge in [-0.3, -0.25) is 9.69 Å². The molecule has 0 aliphatic carbocycles. The van der Waals surface area contributed by atoms with Crippen molar-refractivity contribution in [3.05, 3.63) is 0 Å². The van der Waals surface area contributed by atoms with Crippen molar-refractivity contribution in [3.63, 3.8) is 0 Å². The Morgan fingerprint density at radius 3 is 2.42 bits per heavy atom. The van der Waals surface area contributed by atoms with E-state index in [2.05, 4.69) is 15.5 Å². The minimum atomic E-state index is -0.985. The summed E-state index contributed by atoms with van der Waals surface area (Å²) in [5.41, 5.74) is 0. The number of carboxylic acid groups (broad SMARTS) is 1. The molecule has 1 aliphatic heterocycles. The van der Waals surface area contributed by atoms with Gasteiger partial charge in [0.15, 0.2) is 5.11 Å². The van der Waals surface area contributed by atoms with E-state index in [-0.39, 0.29) is 18.2 Å². The molecule has 1 amide bonds. The Balaban J connectivity index is 2.16. The second-order valence-electron chi connectivity index (χ2n) is 6.77. The lowest BCUT2D eigenvalue weighted by atomic mass is 10.0. The normalized spacial score (nSPS) is 16.2. The maximum Gasteiger partial charge on any atom is 0.326 e. The van der Waals surface area contributed by atoms with E-state index in [0.29, 0.717) is 11.7 Å². The predicted octanol–water partition coefficient (Wildman–Crippen LogP) is 0.131. The summed E-state index contributed by atoms with van der Waals surface area (Å²) in [4.78, 5) is 27.1. The van der Waals surface area contributed by atoms with Crippen LogP contribution in [0.1, 0.15) is 26.7 Å². The summed E-state index contributed by atoms with van der Waals surface area (Å²) in [6.45, 7) is 9.29. The van der Waals surface area contributed by atoms with Gasteiger partial charge in [-0.1, -0.05) is 13.8 Å². The lowest BCUT2D eigenvalue weighted by Gasteiger charge is -2.28. The van der Waals surface area contributed by atoms with E-state index < -0.39 is 12.0 Å². The van der Waals surface area contributed by atoms with Crippen LogP contribution in [0.2, 0.25) is 0 Å². The van der Waals surface area contributed by atoms with E-state index in [1.54, 1.807) is 13.8 Å². The molecular formula is C17H32N4O4S. The largest absolute Gasteiger partial charge is 0.480 e. The smallest absolute Gasteiger partial charge is 0.326 e. The Bertz CT molecular complexity index is 470. The quantitative estimate of drug-likeness (QED) is 0.359. The monoisotopic (exact) mass is 388 g/mol. The number of amides is 1. The van der Waals surface area contributed by atoms with Crippen LogP contribution >= 0.6 is 12.2 Å². The number of thiocarbonyl (C=S) groups is 1. The number of nitrogens with zero attached hydrogens (tertiary/aromatic N) is 2. The molecule has 0 bridgehead atoms. The fourth-order valence-electron chi connectivity index (χ4n) is 2.90. The van der Waals surface area contributed by atoms with Crippen LogP contribution in [0.4, 0.5) is 0 Å². The first-order valence-corrected chi connectivity index (χ1v) is 9.54. The van der Waals surface area contributed by atoms with Crippen LogP contribution in [0.15, 0.2) is 0 Å². The van der Waals surface area contributed by atoms with Gasteiger partial charge in [0.05, 0.1) is 13.2 Å². The Morgan fingerprint density at radius 1 is 1.23 bits per heavy atom. The predicted molar refractivity (Wildman–Crippen MR) is 104 cm³/mol. The molecule has 1 fully saturated rings. The highest BCUT2D eigenvalue weighted by atomic mass is 32.1. The third kappa shape index (κ3) is 8.29. The zero-order chi connectivity index (χ0) is 19.5. The highest BCUT2D eigenvalue weighted by Crippen LogP contribution is 2.10. The van der Waals surface area contributed by atoms with E-state index in [4.69, 9.17) is 17.0 Å². The first-order valence-electron chi connectivity index (χ1n) is 9.13. The van der Waals surface area contributed by atoms with Gasteiger partial charge >= 0.3 is 5.97 Å². The maximum atomic E-state index is 12.2. The summed E-state index contributed by atoms with van der Waals surface area (Å²) in [6, 6.07) is -0.812. The van der Waals surface area contributed by atoms with Crippen molar-refractivity contribution in [2.45, 2.75) is 32.7 Å². The third-order valence-electron chi connectivity index (χ3n) is 4.36. The molecule has 1 saturated heterocycles. The number of rotatable bonds is 10. The Hall–Kier alpha value is -1.45. The van der Waals surface area contributed by atoms with Crippen molar-refractivity contribution in [1.82, 2.24) is 20.4 Å². The van der Waals surface area contributed by atoms with Crippen LogP contribution in [0.5, 0.6) is 0 Å². The fourth-order valence-corrected chi connectivity index (χ4v) is 3.11. The molecule has 1 atom stereocenters. The molecule has 0 saturated carbocycles. The second-order valence-corrected chi connectivity index (χ2v) is 7.18. The van der Waals surface area contributed by atoms with Crippen LogP contribution in [0, 0.1) is 5.92 Å². The van der Waals surface area contributed by atoms with E-state index in [9.17, 15) is 14.7 Å². The van der Waals surface area contributed by atoms with E-state index in [1.165, 1.54) is 11.9 Å². The third-order valence-corrected chi connectivity index (χ3v) is 4.65. The second kappa shape index (κ2) is 12.0. The van der Waals surface area contributed by atoms with Crippen LogP contribution in [0.3, 0.4) is 0 Å². The Morgan fingerprint density at radius 2 is 1.85 bits per heavy atom. The topological polar surface area (TPSA) is 94.1 Å². The van der Waals surface area contributed by atoms with Crippen LogP contribution in [-0.4, -0.2) is 90.9 Å². The van der Waals surface area contributed by atoms with E-state index >= 15 is 0 Å².